The van der Waals surface area contributed by atoms with Gasteiger partial charge in [-0.2, -0.15) is 0 Å². The molecule has 2 aromatic heterocycles. The molecular weight excluding hydrogens is 446 g/mol. The molecule has 0 aliphatic rings. The second-order valence-corrected chi connectivity index (χ2v) is 9.22. The predicted molar refractivity (Wildman–Crippen MR) is 140 cm³/mol. The van der Waals surface area contributed by atoms with Crippen molar-refractivity contribution in [3.63, 3.8) is 0 Å². The van der Waals surface area contributed by atoms with Gasteiger partial charge in [0.2, 0.25) is 0 Å². The van der Waals surface area contributed by atoms with E-state index in [4.69, 9.17) is 16.6 Å². The third-order valence-corrected chi connectivity index (χ3v) is 6.83. The Kier molecular flexibility index (Phi) is 6.20. The number of aryl methyl sites for hydroxylation is 1. The van der Waals surface area contributed by atoms with Crippen molar-refractivity contribution < 1.29 is 0 Å². The van der Waals surface area contributed by atoms with Crippen LogP contribution in [-0.2, 0) is 6.54 Å². The first-order valence-electron chi connectivity index (χ1n) is 10.7. The molecule has 0 radical (unpaired) electrons. The molecule has 0 spiro atoms. The highest BCUT2D eigenvalue weighted by Gasteiger charge is 2.18. The molecule has 5 aromatic rings. The first-order valence-corrected chi connectivity index (χ1v) is 11.9. The van der Waals surface area contributed by atoms with E-state index in [2.05, 4.69) is 59.7 Å². The molecule has 2 heterocycles. The van der Waals surface area contributed by atoms with Gasteiger partial charge in [0.1, 0.15) is 10.8 Å². The van der Waals surface area contributed by atoms with Crippen LogP contribution in [0.25, 0.3) is 32.3 Å². The molecule has 0 aliphatic heterocycles. The summed E-state index contributed by atoms with van der Waals surface area (Å²) in [4.78, 5) is 10.7. The second kappa shape index (κ2) is 9.57. The lowest BCUT2D eigenvalue weighted by atomic mass is 10.1. The summed E-state index contributed by atoms with van der Waals surface area (Å²) in [6.07, 6.45) is 1.84. The third-order valence-electron chi connectivity index (χ3n) is 5.36. The summed E-state index contributed by atoms with van der Waals surface area (Å²) in [5.41, 5.74) is 6.48. The van der Waals surface area contributed by atoms with Crippen LogP contribution in [0.4, 0.5) is 5.82 Å². The normalized spacial score (nSPS) is 10.8. The number of thiazole rings is 1. The Labute approximate surface area is 202 Å². The van der Waals surface area contributed by atoms with Gasteiger partial charge in [-0.25, -0.2) is 9.97 Å². The molecule has 1 N–H and O–H groups in total. The van der Waals surface area contributed by atoms with Gasteiger partial charge >= 0.3 is 0 Å². The van der Waals surface area contributed by atoms with Crippen LogP contribution in [0.5, 0.6) is 0 Å². The van der Waals surface area contributed by atoms with Crippen LogP contribution in [0, 0.1) is 6.92 Å². The molecule has 33 heavy (non-hydrogen) atoms. The molecule has 5 heteroatoms. The van der Waals surface area contributed by atoms with Gasteiger partial charge in [-0.3, -0.25) is 0 Å². The number of rotatable bonds is 6. The average Bonchev–Trinajstić information content (AvgIpc) is 3.29. The number of nitrogens with one attached hydrogen (secondary N) is 1. The van der Waals surface area contributed by atoms with Crippen molar-refractivity contribution in [3.05, 3.63) is 113 Å². The van der Waals surface area contributed by atoms with Crippen molar-refractivity contribution >= 4 is 28.8 Å². The first-order chi connectivity index (χ1) is 16.2. The highest BCUT2D eigenvalue weighted by Crippen LogP contribution is 2.42. The van der Waals surface area contributed by atoms with Gasteiger partial charge in [0, 0.05) is 23.9 Å². The van der Waals surface area contributed by atoms with E-state index in [1.165, 1.54) is 11.1 Å². The minimum absolute atomic E-state index is 0.702. The van der Waals surface area contributed by atoms with Gasteiger partial charge in [-0.15, -0.1) is 11.3 Å². The van der Waals surface area contributed by atoms with E-state index in [9.17, 15) is 0 Å². The maximum absolute atomic E-state index is 6.51. The number of hydrogen-bond donors (Lipinski definition) is 1. The number of anilines is 1. The number of hydrogen-bond acceptors (Lipinski definition) is 4. The van der Waals surface area contributed by atoms with Crippen LogP contribution in [-0.4, -0.2) is 9.97 Å². The van der Waals surface area contributed by atoms with Crippen molar-refractivity contribution in [2.24, 2.45) is 0 Å². The monoisotopic (exact) mass is 467 g/mol. The summed E-state index contributed by atoms with van der Waals surface area (Å²) in [6, 6.07) is 30.8. The molecule has 162 valence electrons. The number of pyridine rings is 1. The minimum Gasteiger partial charge on any atom is -0.366 e. The summed E-state index contributed by atoms with van der Waals surface area (Å²) in [6.45, 7) is 2.82. The van der Waals surface area contributed by atoms with Gasteiger partial charge in [0.15, 0.2) is 0 Å². The van der Waals surface area contributed by atoms with E-state index >= 15 is 0 Å². The highest BCUT2D eigenvalue weighted by atomic mass is 35.5. The topological polar surface area (TPSA) is 37.8 Å². The van der Waals surface area contributed by atoms with Crippen LogP contribution in [0.15, 0.2) is 97.2 Å². The standard InChI is InChI=1S/C28H22ClN3S/c1-19-8-7-11-21(16-19)26-27(33-28(32-26)23-12-5-6-13-24(23)29)22-14-15-30-25(17-22)31-18-20-9-3-2-4-10-20/h2-17H,18H2,1H3,(H,30,31). The number of aromatic nitrogens is 2. The van der Waals surface area contributed by atoms with E-state index in [1.54, 1.807) is 11.3 Å². The summed E-state index contributed by atoms with van der Waals surface area (Å²) in [7, 11) is 0. The fraction of sp³-hybridized carbons (Fsp3) is 0.0714. The first kappa shape index (κ1) is 21.4. The summed E-state index contributed by atoms with van der Waals surface area (Å²) in [5, 5.41) is 5.05. The van der Waals surface area contributed by atoms with Crippen molar-refractivity contribution in [1.82, 2.24) is 9.97 Å². The van der Waals surface area contributed by atoms with Crippen LogP contribution >= 0.6 is 22.9 Å². The molecule has 0 unspecified atom stereocenters. The molecule has 0 fully saturated rings. The zero-order chi connectivity index (χ0) is 22.6. The number of nitrogens with zero attached hydrogens (tertiary/aromatic N) is 2. The second-order valence-electron chi connectivity index (χ2n) is 7.81. The molecule has 0 bridgehead atoms. The Bertz CT molecular complexity index is 1400. The van der Waals surface area contributed by atoms with Gasteiger partial charge in [0.05, 0.1) is 15.6 Å². The average molecular weight is 468 g/mol. The summed E-state index contributed by atoms with van der Waals surface area (Å²) in [5.74, 6) is 0.833. The molecule has 3 nitrogen and oxygen atoms in total. The molecule has 0 aliphatic carbocycles. The Morgan fingerprint density at radius 3 is 2.48 bits per heavy atom. The predicted octanol–water partition coefficient (Wildman–Crippen LogP) is 8.11. The maximum Gasteiger partial charge on any atom is 0.126 e. The zero-order valence-electron chi connectivity index (χ0n) is 18.1. The van der Waals surface area contributed by atoms with E-state index in [1.807, 2.05) is 54.7 Å². The van der Waals surface area contributed by atoms with Crippen LogP contribution in [0.2, 0.25) is 5.02 Å². The largest absolute Gasteiger partial charge is 0.366 e. The van der Waals surface area contributed by atoms with Crippen LogP contribution in [0.3, 0.4) is 0 Å². The third kappa shape index (κ3) is 4.82. The van der Waals surface area contributed by atoms with Crippen molar-refractivity contribution in [2.75, 3.05) is 5.32 Å². The van der Waals surface area contributed by atoms with E-state index in [0.29, 0.717) is 5.02 Å². The maximum atomic E-state index is 6.51. The zero-order valence-corrected chi connectivity index (χ0v) is 19.7. The van der Waals surface area contributed by atoms with Crippen molar-refractivity contribution in [1.29, 1.82) is 0 Å². The fourth-order valence-corrected chi connectivity index (χ4v) is 5.12. The molecule has 0 saturated carbocycles. The molecule has 0 amide bonds. The Morgan fingerprint density at radius 1 is 0.848 bits per heavy atom. The lowest BCUT2D eigenvalue weighted by Gasteiger charge is -2.08. The molecule has 3 aromatic carbocycles. The quantitative estimate of drug-likeness (QED) is 0.274. The number of halogens is 1. The van der Waals surface area contributed by atoms with E-state index in [-0.39, 0.29) is 0 Å². The minimum atomic E-state index is 0.702. The lowest BCUT2D eigenvalue weighted by Crippen LogP contribution is -2.01. The van der Waals surface area contributed by atoms with Gasteiger partial charge in [-0.1, -0.05) is 83.9 Å². The van der Waals surface area contributed by atoms with Gasteiger partial charge in [0.25, 0.3) is 0 Å². The summed E-state index contributed by atoms with van der Waals surface area (Å²) >= 11 is 8.16. The van der Waals surface area contributed by atoms with Crippen molar-refractivity contribution in [3.8, 4) is 32.3 Å². The Balaban J connectivity index is 1.56. The molecule has 0 atom stereocenters. The lowest BCUT2D eigenvalue weighted by molar-refractivity contribution is 1.11. The Morgan fingerprint density at radius 2 is 1.67 bits per heavy atom. The van der Waals surface area contributed by atoms with E-state index < -0.39 is 0 Å². The van der Waals surface area contributed by atoms with E-state index in [0.717, 1.165) is 44.6 Å². The number of benzene rings is 3. The summed E-state index contributed by atoms with van der Waals surface area (Å²) < 4.78 is 0. The smallest absolute Gasteiger partial charge is 0.126 e. The van der Waals surface area contributed by atoms with Gasteiger partial charge < -0.3 is 5.32 Å². The molecule has 5 rings (SSSR count). The van der Waals surface area contributed by atoms with Crippen molar-refractivity contribution in [2.45, 2.75) is 13.5 Å². The van der Waals surface area contributed by atoms with Crippen LogP contribution < -0.4 is 5.32 Å². The molecular formula is C28H22ClN3S. The fourth-order valence-electron chi connectivity index (χ4n) is 3.71. The Hall–Kier alpha value is -3.47. The highest BCUT2D eigenvalue weighted by molar-refractivity contribution is 7.19. The molecule has 0 saturated heterocycles. The van der Waals surface area contributed by atoms with Crippen LogP contribution in [0.1, 0.15) is 11.1 Å². The SMILES string of the molecule is Cc1cccc(-c2nc(-c3ccccc3Cl)sc2-c2ccnc(NCc3ccccc3)c2)c1. The van der Waals surface area contributed by atoms with Gasteiger partial charge in [-0.05, 0) is 42.3 Å².